The van der Waals surface area contributed by atoms with Crippen molar-refractivity contribution < 1.29 is 19.2 Å². The van der Waals surface area contributed by atoms with Gasteiger partial charge < -0.3 is 9.80 Å². The summed E-state index contributed by atoms with van der Waals surface area (Å²) in [6.45, 7) is 5.68. The molecule has 7 heteroatoms. The van der Waals surface area contributed by atoms with Crippen LogP contribution in [0.1, 0.15) is 63.3 Å². The molecule has 4 amide bonds. The van der Waals surface area contributed by atoms with E-state index in [1.54, 1.807) is 30.9 Å². The topological polar surface area (TPSA) is 78.0 Å². The van der Waals surface area contributed by atoms with Crippen LogP contribution in [0.4, 0.5) is 0 Å². The van der Waals surface area contributed by atoms with Gasteiger partial charge in [-0.15, -0.1) is 0 Å². The van der Waals surface area contributed by atoms with Crippen LogP contribution in [0.25, 0.3) is 0 Å². The molecule has 2 heterocycles. The minimum Gasteiger partial charge on any atom is -0.341 e. The molecule has 0 radical (unpaired) electrons. The number of nitrogens with zero attached hydrogens (tertiary/aromatic N) is 3. The zero-order valence-electron chi connectivity index (χ0n) is 19.1. The number of amides is 4. The molecule has 2 aromatic rings. The molecule has 0 bridgehead atoms. The molecule has 4 rings (SSSR count). The molecule has 0 saturated carbocycles. The van der Waals surface area contributed by atoms with Gasteiger partial charge in [0.05, 0.1) is 11.1 Å². The van der Waals surface area contributed by atoms with Crippen LogP contribution in [0.2, 0.25) is 0 Å². The van der Waals surface area contributed by atoms with Crippen molar-refractivity contribution in [2.24, 2.45) is 0 Å². The van der Waals surface area contributed by atoms with Gasteiger partial charge in [-0.2, -0.15) is 0 Å². The van der Waals surface area contributed by atoms with Crippen molar-refractivity contribution in [2.45, 2.75) is 39.2 Å². The summed E-state index contributed by atoms with van der Waals surface area (Å²) in [6.07, 6.45) is 1.85. The quantitative estimate of drug-likeness (QED) is 0.660. The highest BCUT2D eigenvalue weighted by Gasteiger charge is 2.37. The molecule has 1 saturated heterocycles. The monoisotopic (exact) mass is 447 g/mol. The van der Waals surface area contributed by atoms with Crippen LogP contribution in [0.5, 0.6) is 0 Å². The van der Waals surface area contributed by atoms with Crippen LogP contribution < -0.4 is 0 Å². The zero-order chi connectivity index (χ0) is 23.5. The number of benzene rings is 2. The predicted octanol–water partition coefficient (Wildman–Crippen LogP) is 3.00. The SMILES string of the molecule is CC(C)N1C(=O)c2ccc(C(=O)N3CCCN(C(=O)CCc4ccccc4)CC3)cc2C1=O. The van der Waals surface area contributed by atoms with Crippen LogP contribution in [0, 0.1) is 0 Å². The summed E-state index contributed by atoms with van der Waals surface area (Å²) < 4.78 is 0. The van der Waals surface area contributed by atoms with E-state index >= 15 is 0 Å². The summed E-state index contributed by atoms with van der Waals surface area (Å²) in [5.41, 5.74) is 2.16. The molecule has 1 fully saturated rings. The normalized spacial score (nSPS) is 16.3. The smallest absolute Gasteiger partial charge is 0.261 e. The summed E-state index contributed by atoms with van der Waals surface area (Å²) in [6, 6.07) is 14.4. The maximum atomic E-state index is 13.2. The predicted molar refractivity (Wildman–Crippen MR) is 124 cm³/mol. The molecular formula is C26H29N3O4. The Labute approximate surface area is 194 Å². The zero-order valence-corrected chi connectivity index (χ0v) is 19.1. The lowest BCUT2D eigenvalue weighted by molar-refractivity contribution is -0.131. The molecular weight excluding hydrogens is 418 g/mol. The second kappa shape index (κ2) is 9.57. The Hall–Kier alpha value is -3.48. The van der Waals surface area contributed by atoms with E-state index < -0.39 is 0 Å². The third-order valence-electron chi connectivity index (χ3n) is 6.29. The average Bonchev–Trinajstić information content (AvgIpc) is 2.97. The van der Waals surface area contributed by atoms with Gasteiger partial charge in [-0.3, -0.25) is 24.1 Å². The van der Waals surface area contributed by atoms with Crippen molar-refractivity contribution in [3.05, 3.63) is 70.8 Å². The van der Waals surface area contributed by atoms with Crippen molar-refractivity contribution in [3.63, 3.8) is 0 Å². The van der Waals surface area contributed by atoms with Crippen LogP contribution >= 0.6 is 0 Å². The number of imide groups is 1. The van der Waals surface area contributed by atoms with Gasteiger partial charge in [0.15, 0.2) is 0 Å². The number of rotatable bonds is 5. The largest absolute Gasteiger partial charge is 0.341 e. The number of carbonyl (C=O) groups is 4. The van der Waals surface area contributed by atoms with Gasteiger partial charge in [-0.1, -0.05) is 30.3 Å². The van der Waals surface area contributed by atoms with Gasteiger partial charge in [0.25, 0.3) is 17.7 Å². The van der Waals surface area contributed by atoms with E-state index in [-0.39, 0.29) is 35.2 Å². The summed E-state index contributed by atoms with van der Waals surface area (Å²) >= 11 is 0. The minimum absolute atomic E-state index is 0.101. The molecule has 2 aromatic carbocycles. The first-order valence-corrected chi connectivity index (χ1v) is 11.5. The van der Waals surface area contributed by atoms with E-state index in [1.165, 1.54) is 11.0 Å². The van der Waals surface area contributed by atoms with E-state index in [2.05, 4.69) is 0 Å². The van der Waals surface area contributed by atoms with Crippen LogP contribution in [0.15, 0.2) is 48.5 Å². The van der Waals surface area contributed by atoms with Crippen molar-refractivity contribution in [1.29, 1.82) is 0 Å². The molecule has 0 spiro atoms. The number of hydrogen-bond acceptors (Lipinski definition) is 4. The van der Waals surface area contributed by atoms with Gasteiger partial charge in [-0.25, -0.2) is 0 Å². The Morgan fingerprint density at radius 2 is 1.52 bits per heavy atom. The number of carbonyl (C=O) groups excluding carboxylic acids is 4. The van der Waals surface area contributed by atoms with Crippen molar-refractivity contribution in [1.82, 2.24) is 14.7 Å². The van der Waals surface area contributed by atoms with Gasteiger partial charge in [-0.05, 0) is 50.5 Å². The first-order valence-electron chi connectivity index (χ1n) is 11.5. The van der Waals surface area contributed by atoms with Crippen molar-refractivity contribution in [3.8, 4) is 0 Å². The molecule has 7 nitrogen and oxygen atoms in total. The summed E-state index contributed by atoms with van der Waals surface area (Å²) in [4.78, 5) is 55.8. The van der Waals surface area contributed by atoms with Gasteiger partial charge >= 0.3 is 0 Å². The van der Waals surface area contributed by atoms with E-state index in [4.69, 9.17) is 0 Å². The highest BCUT2D eigenvalue weighted by Crippen LogP contribution is 2.26. The molecule has 33 heavy (non-hydrogen) atoms. The lowest BCUT2D eigenvalue weighted by Gasteiger charge is -2.22. The maximum absolute atomic E-state index is 13.2. The fourth-order valence-electron chi connectivity index (χ4n) is 4.47. The first kappa shape index (κ1) is 22.7. The van der Waals surface area contributed by atoms with Gasteiger partial charge in [0, 0.05) is 44.2 Å². The van der Waals surface area contributed by atoms with E-state index in [9.17, 15) is 19.2 Å². The number of aryl methyl sites for hydroxylation is 1. The first-order chi connectivity index (χ1) is 15.9. The van der Waals surface area contributed by atoms with Crippen LogP contribution in [-0.4, -0.2) is 70.5 Å². The molecule has 2 aliphatic heterocycles. The van der Waals surface area contributed by atoms with E-state index in [0.717, 1.165) is 5.56 Å². The third kappa shape index (κ3) is 4.67. The average molecular weight is 448 g/mol. The number of fused-ring (bicyclic) bond motifs is 1. The molecule has 0 atom stereocenters. The Kier molecular flexibility index (Phi) is 6.58. The number of hydrogen-bond donors (Lipinski definition) is 0. The highest BCUT2D eigenvalue weighted by atomic mass is 16.2. The Morgan fingerprint density at radius 1 is 0.848 bits per heavy atom. The fourth-order valence-corrected chi connectivity index (χ4v) is 4.47. The molecule has 0 aromatic heterocycles. The highest BCUT2D eigenvalue weighted by molar-refractivity contribution is 6.22. The van der Waals surface area contributed by atoms with E-state index in [1.807, 2.05) is 35.2 Å². The summed E-state index contributed by atoms with van der Waals surface area (Å²) in [5.74, 6) is -0.752. The lowest BCUT2D eigenvalue weighted by Crippen LogP contribution is -2.37. The Balaban J connectivity index is 1.39. The minimum atomic E-state index is -0.356. The molecule has 0 unspecified atom stereocenters. The fraction of sp³-hybridized carbons (Fsp3) is 0.385. The van der Waals surface area contributed by atoms with Crippen molar-refractivity contribution in [2.75, 3.05) is 26.2 Å². The Bertz CT molecular complexity index is 1080. The van der Waals surface area contributed by atoms with Crippen LogP contribution in [0.3, 0.4) is 0 Å². The third-order valence-corrected chi connectivity index (χ3v) is 6.29. The molecule has 0 N–H and O–H groups in total. The van der Waals surface area contributed by atoms with Crippen molar-refractivity contribution >= 4 is 23.6 Å². The maximum Gasteiger partial charge on any atom is 0.261 e. The summed E-state index contributed by atoms with van der Waals surface area (Å²) in [7, 11) is 0. The molecule has 0 aliphatic carbocycles. The standard InChI is InChI=1S/C26H29N3O4/c1-18(2)29-25(32)21-11-10-20(17-22(21)26(29)33)24(31)28-14-6-13-27(15-16-28)23(30)12-9-19-7-4-3-5-8-19/h3-5,7-8,10-11,17-18H,6,9,12-16H2,1-2H3. The lowest BCUT2D eigenvalue weighted by atomic mass is 10.0. The second-order valence-electron chi connectivity index (χ2n) is 8.85. The summed E-state index contributed by atoms with van der Waals surface area (Å²) in [5, 5.41) is 0. The molecule has 2 aliphatic rings. The van der Waals surface area contributed by atoms with Gasteiger partial charge in [0.2, 0.25) is 5.91 Å². The van der Waals surface area contributed by atoms with Gasteiger partial charge in [0.1, 0.15) is 0 Å². The van der Waals surface area contributed by atoms with Crippen LogP contribution in [-0.2, 0) is 11.2 Å². The molecule has 172 valence electrons. The second-order valence-corrected chi connectivity index (χ2v) is 8.85. The Morgan fingerprint density at radius 3 is 2.24 bits per heavy atom. The van der Waals surface area contributed by atoms with E-state index in [0.29, 0.717) is 56.6 Å².